The molecule has 0 spiro atoms. The highest BCUT2D eigenvalue weighted by Gasteiger charge is 2.21. The van der Waals surface area contributed by atoms with Crippen molar-refractivity contribution in [1.29, 1.82) is 0 Å². The third-order valence-corrected chi connectivity index (χ3v) is 2.74. The summed E-state index contributed by atoms with van der Waals surface area (Å²) in [4.78, 5) is 0. The Morgan fingerprint density at radius 1 is 1.50 bits per heavy atom. The van der Waals surface area contributed by atoms with E-state index in [1.54, 1.807) is 6.07 Å². The highest BCUT2D eigenvalue weighted by molar-refractivity contribution is 5.39. The fourth-order valence-electron chi connectivity index (χ4n) is 2.07. The highest BCUT2D eigenvalue weighted by Crippen LogP contribution is 2.32. The third kappa shape index (κ3) is 1.74. The smallest absolute Gasteiger partial charge is 0.115 e. The van der Waals surface area contributed by atoms with Crippen molar-refractivity contribution in [3.05, 3.63) is 29.3 Å². The van der Waals surface area contributed by atoms with Crippen molar-refractivity contribution < 1.29 is 5.11 Å². The largest absolute Gasteiger partial charge is 0.508 e. The van der Waals surface area contributed by atoms with E-state index in [4.69, 9.17) is 5.73 Å². The molecule has 0 saturated heterocycles. The first-order valence-corrected chi connectivity index (χ1v) is 5.06. The van der Waals surface area contributed by atoms with Crippen molar-refractivity contribution in [2.75, 3.05) is 13.1 Å². The van der Waals surface area contributed by atoms with Crippen LogP contribution in [0.5, 0.6) is 5.75 Å². The minimum atomic E-state index is 0.364. The Labute approximate surface area is 83.9 Å². The predicted octanol–water partition coefficient (Wildman–Crippen LogP) is 0.928. The van der Waals surface area contributed by atoms with E-state index in [9.17, 15) is 5.11 Å². The summed E-state index contributed by atoms with van der Waals surface area (Å²) in [6, 6.07) is 6.04. The molecule has 1 aliphatic rings. The van der Waals surface area contributed by atoms with Gasteiger partial charge in [-0.25, -0.2) is 0 Å². The van der Waals surface area contributed by atoms with Crippen LogP contribution in [0.3, 0.4) is 0 Å². The van der Waals surface area contributed by atoms with Gasteiger partial charge >= 0.3 is 0 Å². The van der Waals surface area contributed by atoms with Crippen molar-refractivity contribution in [3.8, 4) is 5.75 Å². The maximum atomic E-state index is 9.32. The molecule has 14 heavy (non-hydrogen) atoms. The maximum Gasteiger partial charge on any atom is 0.115 e. The van der Waals surface area contributed by atoms with E-state index in [1.807, 2.05) is 12.1 Å². The first-order chi connectivity index (χ1) is 6.81. The summed E-state index contributed by atoms with van der Waals surface area (Å²) in [7, 11) is 0. The third-order valence-electron chi connectivity index (χ3n) is 2.74. The van der Waals surface area contributed by atoms with Gasteiger partial charge in [-0.15, -0.1) is 0 Å². The molecule has 1 aromatic carbocycles. The zero-order valence-corrected chi connectivity index (χ0v) is 8.16. The highest BCUT2D eigenvalue weighted by atomic mass is 16.3. The molecule has 0 aliphatic heterocycles. The second kappa shape index (κ2) is 3.98. The SMILES string of the molecule is NCCNC1CCc2cc(O)ccc21. The number of hydrogen-bond donors (Lipinski definition) is 3. The lowest BCUT2D eigenvalue weighted by molar-refractivity contribution is 0.474. The van der Waals surface area contributed by atoms with Gasteiger partial charge in [0.15, 0.2) is 0 Å². The molecule has 3 heteroatoms. The Bertz CT molecular complexity index is 325. The van der Waals surface area contributed by atoms with Gasteiger partial charge < -0.3 is 16.2 Å². The molecule has 0 saturated carbocycles. The van der Waals surface area contributed by atoms with Crippen molar-refractivity contribution in [2.45, 2.75) is 18.9 Å². The lowest BCUT2D eigenvalue weighted by Gasteiger charge is -2.12. The molecule has 0 bridgehead atoms. The van der Waals surface area contributed by atoms with Crippen LogP contribution in [0, 0.1) is 0 Å². The molecule has 0 radical (unpaired) electrons. The van der Waals surface area contributed by atoms with Crippen LogP contribution in [0.2, 0.25) is 0 Å². The topological polar surface area (TPSA) is 58.3 Å². The first-order valence-electron chi connectivity index (χ1n) is 5.06. The monoisotopic (exact) mass is 192 g/mol. The minimum absolute atomic E-state index is 0.364. The molecule has 0 fully saturated rings. The van der Waals surface area contributed by atoms with Crippen molar-refractivity contribution >= 4 is 0 Å². The van der Waals surface area contributed by atoms with E-state index in [0.29, 0.717) is 18.3 Å². The summed E-state index contributed by atoms with van der Waals surface area (Å²) >= 11 is 0. The number of benzene rings is 1. The molecule has 1 unspecified atom stereocenters. The van der Waals surface area contributed by atoms with Crippen LogP contribution in [0.25, 0.3) is 0 Å². The summed E-state index contributed by atoms with van der Waals surface area (Å²) in [5, 5.41) is 12.7. The number of aryl methyl sites for hydroxylation is 1. The number of nitrogens with two attached hydrogens (primary N) is 1. The van der Waals surface area contributed by atoms with E-state index in [1.165, 1.54) is 11.1 Å². The molecule has 1 atom stereocenters. The van der Waals surface area contributed by atoms with Crippen LogP contribution in [0.1, 0.15) is 23.6 Å². The number of nitrogens with one attached hydrogen (secondary N) is 1. The summed E-state index contributed by atoms with van der Waals surface area (Å²) in [5.41, 5.74) is 8.03. The van der Waals surface area contributed by atoms with Gasteiger partial charge in [-0.3, -0.25) is 0 Å². The molecule has 4 N–H and O–H groups in total. The van der Waals surface area contributed by atoms with E-state index in [2.05, 4.69) is 5.32 Å². The zero-order valence-electron chi connectivity index (χ0n) is 8.16. The molecule has 2 rings (SSSR count). The van der Waals surface area contributed by atoms with E-state index in [-0.39, 0.29) is 0 Å². The van der Waals surface area contributed by atoms with Crippen LogP contribution in [-0.4, -0.2) is 18.2 Å². The first kappa shape index (κ1) is 9.49. The molecular formula is C11H16N2O. The quantitative estimate of drug-likeness (QED) is 0.667. The number of hydrogen-bond acceptors (Lipinski definition) is 3. The summed E-state index contributed by atoms with van der Waals surface area (Å²) in [5.74, 6) is 0.364. The van der Waals surface area contributed by atoms with Gasteiger partial charge in [0.2, 0.25) is 0 Å². The fraction of sp³-hybridized carbons (Fsp3) is 0.455. The molecule has 3 nitrogen and oxygen atoms in total. The van der Waals surface area contributed by atoms with Crippen molar-refractivity contribution in [3.63, 3.8) is 0 Å². The zero-order chi connectivity index (χ0) is 9.97. The fourth-order valence-corrected chi connectivity index (χ4v) is 2.07. The van der Waals surface area contributed by atoms with Crippen molar-refractivity contribution in [1.82, 2.24) is 5.32 Å². The van der Waals surface area contributed by atoms with E-state index >= 15 is 0 Å². The second-order valence-corrected chi connectivity index (χ2v) is 3.72. The molecule has 0 heterocycles. The normalized spacial score (nSPS) is 19.6. The molecular weight excluding hydrogens is 176 g/mol. The minimum Gasteiger partial charge on any atom is -0.508 e. The van der Waals surface area contributed by atoms with Crippen molar-refractivity contribution in [2.24, 2.45) is 5.73 Å². The van der Waals surface area contributed by atoms with Gasteiger partial charge in [-0.2, -0.15) is 0 Å². The Balaban J connectivity index is 2.14. The van der Waals surface area contributed by atoms with Crippen LogP contribution >= 0.6 is 0 Å². The second-order valence-electron chi connectivity index (χ2n) is 3.72. The Kier molecular flexibility index (Phi) is 2.70. The molecule has 76 valence electrons. The number of aromatic hydroxyl groups is 1. The molecule has 0 aromatic heterocycles. The van der Waals surface area contributed by atoms with Crippen LogP contribution < -0.4 is 11.1 Å². The number of fused-ring (bicyclic) bond motifs is 1. The lowest BCUT2D eigenvalue weighted by Crippen LogP contribution is -2.25. The standard InChI is InChI=1S/C11H16N2O/c12-5-6-13-11-4-1-8-7-9(14)2-3-10(8)11/h2-3,7,11,13-14H,1,4-6,12H2. The van der Waals surface area contributed by atoms with E-state index < -0.39 is 0 Å². The maximum absolute atomic E-state index is 9.32. The van der Waals surface area contributed by atoms with Crippen LogP contribution in [0.4, 0.5) is 0 Å². The average molecular weight is 192 g/mol. The molecule has 1 aliphatic carbocycles. The van der Waals surface area contributed by atoms with Gasteiger partial charge in [-0.05, 0) is 36.1 Å². The van der Waals surface area contributed by atoms with E-state index in [0.717, 1.165) is 19.4 Å². The van der Waals surface area contributed by atoms with Gasteiger partial charge in [-0.1, -0.05) is 6.07 Å². The molecule has 0 amide bonds. The van der Waals surface area contributed by atoms with Crippen LogP contribution in [-0.2, 0) is 6.42 Å². The Hall–Kier alpha value is -1.06. The molecule has 1 aromatic rings. The number of phenolic OH excluding ortho intramolecular Hbond substituents is 1. The van der Waals surface area contributed by atoms with Crippen LogP contribution in [0.15, 0.2) is 18.2 Å². The van der Waals surface area contributed by atoms with Gasteiger partial charge in [0.1, 0.15) is 5.75 Å². The summed E-state index contributed by atoms with van der Waals surface area (Å²) in [6.07, 6.45) is 2.16. The Morgan fingerprint density at radius 2 is 2.36 bits per heavy atom. The van der Waals surface area contributed by atoms with Gasteiger partial charge in [0.25, 0.3) is 0 Å². The number of rotatable bonds is 3. The summed E-state index contributed by atoms with van der Waals surface area (Å²) < 4.78 is 0. The predicted molar refractivity (Wildman–Crippen MR) is 56.2 cm³/mol. The lowest BCUT2D eigenvalue weighted by atomic mass is 10.1. The van der Waals surface area contributed by atoms with Gasteiger partial charge in [0, 0.05) is 19.1 Å². The summed E-state index contributed by atoms with van der Waals surface area (Å²) in [6.45, 7) is 1.52. The average Bonchev–Trinajstić information content (AvgIpc) is 2.57. The number of phenols is 1. The Morgan fingerprint density at radius 3 is 3.14 bits per heavy atom. The van der Waals surface area contributed by atoms with Gasteiger partial charge in [0.05, 0.1) is 0 Å².